The molecular formula is C11H7ClN2O. The molecule has 0 N–H and O–H groups in total. The van der Waals surface area contributed by atoms with Crippen LogP contribution in [0.4, 0.5) is 0 Å². The molecule has 0 unspecified atom stereocenters. The zero-order valence-corrected chi connectivity index (χ0v) is 8.53. The van der Waals surface area contributed by atoms with Gasteiger partial charge in [0.2, 0.25) is 0 Å². The maximum absolute atomic E-state index is 8.65. The molecule has 74 valence electrons. The van der Waals surface area contributed by atoms with E-state index in [1.54, 1.807) is 18.3 Å². The molecule has 1 aromatic carbocycles. The van der Waals surface area contributed by atoms with E-state index in [-0.39, 0.29) is 0 Å². The molecule has 0 radical (unpaired) electrons. The monoisotopic (exact) mass is 218 g/mol. The van der Waals surface area contributed by atoms with Gasteiger partial charge in [-0.2, -0.15) is 5.26 Å². The zero-order chi connectivity index (χ0) is 10.7. The Labute approximate surface area is 91.9 Å². The van der Waals surface area contributed by atoms with E-state index in [0.29, 0.717) is 17.2 Å². The quantitative estimate of drug-likeness (QED) is 0.729. The van der Waals surface area contributed by atoms with Crippen molar-refractivity contribution in [2.45, 2.75) is 5.88 Å². The Kier molecular flexibility index (Phi) is 2.70. The van der Waals surface area contributed by atoms with Crippen LogP contribution in [0.1, 0.15) is 11.1 Å². The van der Waals surface area contributed by atoms with Crippen molar-refractivity contribution in [1.29, 1.82) is 5.26 Å². The minimum Gasteiger partial charge on any atom is -0.356 e. The Morgan fingerprint density at radius 1 is 1.33 bits per heavy atom. The smallest absolute Gasteiger partial charge is 0.171 e. The van der Waals surface area contributed by atoms with Crippen LogP contribution in [-0.4, -0.2) is 5.16 Å². The Morgan fingerprint density at radius 3 is 2.67 bits per heavy atom. The second-order valence-electron chi connectivity index (χ2n) is 3.00. The fourth-order valence-electron chi connectivity index (χ4n) is 1.29. The van der Waals surface area contributed by atoms with E-state index in [0.717, 1.165) is 11.1 Å². The van der Waals surface area contributed by atoms with E-state index in [1.807, 2.05) is 12.1 Å². The highest BCUT2D eigenvalue weighted by Gasteiger charge is 2.09. The fourth-order valence-corrected chi connectivity index (χ4v) is 1.48. The summed E-state index contributed by atoms with van der Waals surface area (Å²) in [5.74, 6) is 1.02. The van der Waals surface area contributed by atoms with E-state index in [9.17, 15) is 0 Å². The number of nitriles is 1. The molecule has 0 spiro atoms. The van der Waals surface area contributed by atoms with Crippen LogP contribution in [-0.2, 0) is 5.88 Å². The van der Waals surface area contributed by atoms with Crippen LogP contribution >= 0.6 is 11.6 Å². The number of aromatic nitrogens is 1. The second kappa shape index (κ2) is 4.16. The van der Waals surface area contributed by atoms with Gasteiger partial charge in [-0.1, -0.05) is 5.16 Å². The van der Waals surface area contributed by atoms with Crippen molar-refractivity contribution in [3.63, 3.8) is 0 Å². The number of benzene rings is 1. The number of alkyl halides is 1. The summed E-state index contributed by atoms with van der Waals surface area (Å²) in [5, 5.41) is 12.3. The summed E-state index contributed by atoms with van der Waals surface area (Å²) in [7, 11) is 0. The summed E-state index contributed by atoms with van der Waals surface area (Å²) in [6.45, 7) is 0. The first kappa shape index (κ1) is 9.75. The van der Waals surface area contributed by atoms with E-state index in [1.165, 1.54) is 0 Å². The van der Waals surface area contributed by atoms with Crippen molar-refractivity contribution < 1.29 is 4.52 Å². The Morgan fingerprint density at radius 2 is 2.07 bits per heavy atom. The van der Waals surface area contributed by atoms with Crippen LogP contribution in [0.15, 0.2) is 35.0 Å². The lowest BCUT2D eigenvalue weighted by Gasteiger charge is -1.97. The molecule has 0 fully saturated rings. The zero-order valence-electron chi connectivity index (χ0n) is 7.77. The van der Waals surface area contributed by atoms with Crippen molar-refractivity contribution >= 4 is 11.6 Å². The molecule has 0 saturated heterocycles. The third-order valence-corrected chi connectivity index (χ3v) is 2.35. The van der Waals surface area contributed by atoms with Gasteiger partial charge in [-0.05, 0) is 24.3 Å². The number of halogens is 1. The van der Waals surface area contributed by atoms with Gasteiger partial charge in [0, 0.05) is 11.1 Å². The van der Waals surface area contributed by atoms with E-state index in [4.69, 9.17) is 21.4 Å². The standard InChI is InChI=1S/C11H7ClN2O/c12-5-10-7-14-15-11(10)9-3-1-8(6-13)2-4-9/h1-4,7H,5H2. The van der Waals surface area contributed by atoms with Gasteiger partial charge in [0.1, 0.15) is 0 Å². The van der Waals surface area contributed by atoms with Gasteiger partial charge in [0.05, 0.1) is 23.7 Å². The van der Waals surface area contributed by atoms with Gasteiger partial charge in [0.25, 0.3) is 0 Å². The largest absolute Gasteiger partial charge is 0.356 e. The minimum atomic E-state index is 0.360. The van der Waals surface area contributed by atoms with Gasteiger partial charge in [-0.15, -0.1) is 11.6 Å². The van der Waals surface area contributed by atoms with Crippen LogP contribution in [0.5, 0.6) is 0 Å². The molecule has 0 aliphatic carbocycles. The van der Waals surface area contributed by atoms with E-state index >= 15 is 0 Å². The van der Waals surface area contributed by atoms with Gasteiger partial charge >= 0.3 is 0 Å². The second-order valence-corrected chi connectivity index (χ2v) is 3.27. The topological polar surface area (TPSA) is 49.8 Å². The first-order valence-corrected chi connectivity index (χ1v) is 4.88. The van der Waals surface area contributed by atoms with Gasteiger partial charge in [0.15, 0.2) is 5.76 Å². The molecule has 3 nitrogen and oxygen atoms in total. The van der Waals surface area contributed by atoms with Gasteiger partial charge < -0.3 is 4.52 Å². The average Bonchev–Trinajstić information content (AvgIpc) is 2.77. The highest BCUT2D eigenvalue weighted by atomic mass is 35.5. The maximum Gasteiger partial charge on any atom is 0.171 e. The van der Waals surface area contributed by atoms with Gasteiger partial charge in [-0.3, -0.25) is 0 Å². The molecule has 0 amide bonds. The third kappa shape index (κ3) is 1.85. The Bertz CT molecular complexity index is 496. The average molecular weight is 219 g/mol. The first-order chi connectivity index (χ1) is 7.35. The lowest BCUT2D eigenvalue weighted by atomic mass is 10.1. The van der Waals surface area contributed by atoms with E-state index < -0.39 is 0 Å². The molecule has 0 atom stereocenters. The summed E-state index contributed by atoms with van der Waals surface area (Å²) in [6, 6.07) is 9.15. The number of rotatable bonds is 2. The maximum atomic E-state index is 8.65. The van der Waals surface area contributed by atoms with Gasteiger partial charge in [-0.25, -0.2) is 0 Å². The normalized spacial score (nSPS) is 9.87. The highest BCUT2D eigenvalue weighted by Crippen LogP contribution is 2.24. The SMILES string of the molecule is N#Cc1ccc(-c2oncc2CCl)cc1. The lowest BCUT2D eigenvalue weighted by molar-refractivity contribution is 0.432. The van der Waals surface area contributed by atoms with Crippen molar-refractivity contribution in [2.24, 2.45) is 0 Å². The molecule has 0 saturated carbocycles. The van der Waals surface area contributed by atoms with Crippen molar-refractivity contribution in [1.82, 2.24) is 5.16 Å². The molecule has 0 aliphatic rings. The minimum absolute atomic E-state index is 0.360. The first-order valence-electron chi connectivity index (χ1n) is 4.35. The molecule has 0 aliphatic heterocycles. The molecule has 4 heteroatoms. The van der Waals surface area contributed by atoms with Crippen LogP contribution in [0.3, 0.4) is 0 Å². The predicted molar refractivity (Wildman–Crippen MR) is 56.2 cm³/mol. The van der Waals surface area contributed by atoms with E-state index in [2.05, 4.69) is 11.2 Å². The Balaban J connectivity index is 2.42. The summed E-state index contributed by atoms with van der Waals surface area (Å²) in [5.41, 5.74) is 2.34. The molecule has 2 aromatic rings. The van der Waals surface area contributed by atoms with Crippen LogP contribution < -0.4 is 0 Å². The molecule has 1 heterocycles. The third-order valence-electron chi connectivity index (χ3n) is 2.06. The van der Waals surface area contributed by atoms with Crippen molar-refractivity contribution in [3.8, 4) is 17.4 Å². The van der Waals surface area contributed by atoms with Crippen molar-refractivity contribution in [3.05, 3.63) is 41.6 Å². The number of nitrogens with zero attached hydrogens (tertiary/aromatic N) is 2. The lowest BCUT2D eigenvalue weighted by Crippen LogP contribution is -1.81. The molecule has 0 bridgehead atoms. The van der Waals surface area contributed by atoms with Crippen LogP contribution in [0.25, 0.3) is 11.3 Å². The molecule has 1 aromatic heterocycles. The summed E-state index contributed by atoms with van der Waals surface area (Å²) < 4.78 is 5.10. The number of hydrogen-bond acceptors (Lipinski definition) is 3. The molecule has 15 heavy (non-hydrogen) atoms. The summed E-state index contributed by atoms with van der Waals surface area (Å²) in [4.78, 5) is 0. The van der Waals surface area contributed by atoms with Crippen LogP contribution in [0, 0.1) is 11.3 Å². The summed E-state index contributed by atoms with van der Waals surface area (Å²) in [6.07, 6.45) is 1.60. The molecular weight excluding hydrogens is 212 g/mol. The fraction of sp³-hybridized carbons (Fsp3) is 0.0909. The van der Waals surface area contributed by atoms with Crippen molar-refractivity contribution in [2.75, 3.05) is 0 Å². The number of hydrogen-bond donors (Lipinski definition) is 0. The molecule has 2 rings (SSSR count). The van der Waals surface area contributed by atoms with Crippen LogP contribution in [0.2, 0.25) is 0 Å². The predicted octanol–water partition coefficient (Wildman–Crippen LogP) is 2.95. The summed E-state index contributed by atoms with van der Waals surface area (Å²) >= 11 is 5.73. The highest BCUT2D eigenvalue weighted by molar-refractivity contribution is 6.17. The Hall–Kier alpha value is -1.79.